The van der Waals surface area contributed by atoms with Crippen LogP contribution in [0.15, 0.2) is 18.3 Å². The number of anilines is 2. The third-order valence-corrected chi connectivity index (χ3v) is 2.85. The number of aryl methyl sites for hydroxylation is 2. The number of carbonyl (C=O) groups is 1. The van der Waals surface area contributed by atoms with E-state index in [1.165, 1.54) is 0 Å². The second-order valence-electron chi connectivity index (χ2n) is 4.30. The first-order valence-electron chi connectivity index (χ1n) is 6.19. The zero-order valence-corrected chi connectivity index (χ0v) is 11.0. The molecular weight excluding hydrogens is 242 g/mol. The zero-order valence-electron chi connectivity index (χ0n) is 11.0. The maximum atomic E-state index is 12.1. The molecular formula is C13H17N5O. The van der Waals surface area contributed by atoms with Crippen molar-refractivity contribution in [2.75, 3.05) is 11.1 Å². The zero-order chi connectivity index (χ0) is 13.8. The molecule has 6 heteroatoms. The van der Waals surface area contributed by atoms with Crippen LogP contribution in [0.3, 0.4) is 0 Å². The van der Waals surface area contributed by atoms with E-state index < -0.39 is 0 Å². The number of hydrogen-bond donors (Lipinski definition) is 3. The van der Waals surface area contributed by atoms with E-state index in [0.717, 1.165) is 24.2 Å². The normalized spacial score (nSPS) is 10.4. The van der Waals surface area contributed by atoms with E-state index in [2.05, 4.69) is 20.5 Å². The van der Waals surface area contributed by atoms with Crippen molar-refractivity contribution in [1.29, 1.82) is 0 Å². The molecule has 6 nitrogen and oxygen atoms in total. The van der Waals surface area contributed by atoms with Crippen LogP contribution in [0.1, 0.15) is 35.2 Å². The fraction of sp³-hybridized carbons (Fsp3) is 0.308. The Morgan fingerprint density at radius 2 is 2.32 bits per heavy atom. The largest absolute Gasteiger partial charge is 0.395 e. The minimum absolute atomic E-state index is 0.228. The van der Waals surface area contributed by atoms with Crippen molar-refractivity contribution >= 4 is 17.3 Å². The standard InChI is InChI=1S/C13H17N5O/c1-3-5-10-11(14)12(18-17-10)13(19)16-9-6-4-7-15-8(9)2/h4,6-7H,3,5,14H2,1-2H3,(H,16,19)(H,17,18). The summed E-state index contributed by atoms with van der Waals surface area (Å²) in [5, 5.41) is 9.54. The lowest BCUT2D eigenvalue weighted by Crippen LogP contribution is -2.15. The molecule has 0 bridgehead atoms. The van der Waals surface area contributed by atoms with Crippen molar-refractivity contribution in [1.82, 2.24) is 15.2 Å². The Hall–Kier alpha value is -2.37. The topological polar surface area (TPSA) is 96.7 Å². The lowest BCUT2D eigenvalue weighted by molar-refractivity contribution is 0.102. The summed E-state index contributed by atoms with van der Waals surface area (Å²) >= 11 is 0. The van der Waals surface area contributed by atoms with Crippen LogP contribution in [0.25, 0.3) is 0 Å². The van der Waals surface area contributed by atoms with Gasteiger partial charge < -0.3 is 11.1 Å². The van der Waals surface area contributed by atoms with Gasteiger partial charge in [-0.25, -0.2) is 0 Å². The Morgan fingerprint density at radius 1 is 1.53 bits per heavy atom. The van der Waals surface area contributed by atoms with E-state index in [4.69, 9.17) is 5.73 Å². The van der Waals surface area contributed by atoms with Crippen molar-refractivity contribution in [2.24, 2.45) is 0 Å². The van der Waals surface area contributed by atoms with Gasteiger partial charge in [0.2, 0.25) is 0 Å². The number of nitrogens with two attached hydrogens (primary N) is 1. The number of nitrogen functional groups attached to an aromatic ring is 1. The Kier molecular flexibility index (Phi) is 3.79. The average Bonchev–Trinajstić information content (AvgIpc) is 2.75. The SMILES string of the molecule is CCCc1[nH]nc(C(=O)Nc2cccnc2C)c1N. The van der Waals surface area contributed by atoms with Crippen LogP contribution in [0.2, 0.25) is 0 Å². The smallest absolute Gasteiger partial charge is 0.278 e. The first-order chi connectivity index (χ1) is 9.13. The lowest BCUT2D eigenvalue weighted by atomic mass is 10.2. The van der Waals surface area contributed by atoms with E-state index in [-0.39, 0.29) is 11.6 Å². The fourth-order valence-electron chi connectivity index (χ4n) is 1.80. The van der Waals surface area contributed by atoms with Crippen molar-refractivity contribution in [3.8, 4) is 0 Å². The molecule has 19 heavy (non-hydrogen) atoms. The molecule has 0 atom stereocenters. The summed E-state index contributed by atoms with van der Waals surface area (Å²) in [7, 11) is 0. The summed E-state index contributed by atoms with van der Waals surface area (Å²) in [6.07, 6.45) is 3.39. The fourth-order valence-corrected chi connectivity index (χ4v) is 1.80. The molecule has 0 saturated carbocycles. The first kappa shape index (κ1) is 13.1. The third kappa shape index (κ3) is 2.73. The van der Waals surface area contributed by atoms with Crippen LogP contribution in [-0.2, 0) is 6.42 Å². The third-order valence-electron chi connectivity index (χ3n) is 2.85. The van der Waals surface area contributed by atoms with Gasteiger partial charge in [0.1, 0.15) is 0 Å². The van der Waals surface area contributed by atoms with Gasteiger partial charge >= 0.3 is 0 Å². The Bertz CT molecular complexity index is 590. The minimum atomic E-state index is -0.327. The predicted molar refractivity (Wildman–Crippen MR) is 73.9 cm³/mol. The molecule has 1 amide bonds. The van der Waals surface area contributed by atoms with Crippen molar-refractivity contribution in [3.63, 3.8) is 0 Å². The highest BCUT2D eigenvalue weighted by molar-refractivity contribution is 6.06. The maximum absolute atomic E-state index is 12.1. The van der Waals surface area contributed by atoms with Crippen molar-refractivity contribution in [3.05, 3.63) is 35.4 Å². The number of hydrogen-bond acceptors (Lipinski definition) is 4. The summed E-state index contributed by atoms with van der Waals surface area (Å²) < 4.78 is 0. The van der Waals surface area contributed by atoms with Crippen LogP contribution in [0, 0.1) is 6.92 Å². The molecule has 0 radical (unpaired) electrons. The molecule has 0 aromatic carbocycles. The van der Waals surface area contributed by atoms with Gasteiger partial charge in [0, 0.05) is 6.20 Å². The van der Waals surface area contributed by atoms with Gasteiger partial charge in [0.05, 0.1) is 22.8 Å². The van der Waals surface area contributed by atoms with E-state index in [1.54, 1.807) is 18.3 Å². The maximum Gasteiger partial charge on any atom is 0.278 e. The number of nitrogens with zero attached hydrogens (tertiary/aromatic N) is 2. The Balaban J connectivity index is 2.19. The summed E-state index contributed by atoms with van der Waals surface area (Å²) in [5.41, 5.74) is 8.77. The number of pyridine rings is 1. The van der Waals surface area contributed by atoms with Gasteiger partial charge in [-0.15, -0.1) is 0 Å². The molecule has 0 saturated heterocycles. The highest BCUT2D eigenvalue weighted by Gasteiger charge is 2.17. The second kappa shape index (κ2) is 5.51. The van der Waals surface area contributed by atoms with Gasteiger partial charge in [-0.2, -0.15) is 5.10 Å². The molecule has 0 aliphatic carbocycles. The van der Waals surface area contributed by atoms with Gasteiger partial charge in [-0.05, 0) is 25.5 Å². The Labute approximate surface area is 111 Å². The van der Waals surface area contributed by atoms with Crippen LogP contribution in [-0.4, -0.2) is 21.1 Å². The molecule has 0 aliphatic heterocycles. The van der Waals surface area contributed by atoms with Crippen molar-refractivity contribution < 1.29 is 4.79 Å². The predicted octanol–water partition coefficient (Wildman–Crippen LogP) is 1.90. The molecule has 0 fully saturated rings. The molecule has 2 heterocycles. The first-order valence-corrected chi connectivity index (χ1v) is 6.19. The average molecular weight is 259 g/mol. The molecule has 100 valence electrons. The number of H-pyrrole nitrogens is 1. The van der Waals surface area contributed by atoms with Gasteiger partial charge in [0.25, 0.3) is 5.91 Å². The van der Waals surface area contributed by atoms with Crippen LogP contribution < -0.4 is 11.1 Å². The molecule has 2 aromatic heterocycles. The number of aromatic amines is 1. The monoisotopic (exact) mass is 259 g/mol. The molecule has 4 N–H and O–H groups in total. The molecule has 2 aromatic rings. The van der Waals surface area contributed by atoms with Gasteiger partial charge in [-0.1, -0.05) is 13.3 Å². The number of rotatable bonds is 4. The molecule has 0 unspecified atom stereocenters. The number of carbonyl (C=O) groups excluding carboxylic acids is 1. The van der Waals surface area contributed by atoms with Gasteiger partial charge in [-0.3, -0.25) is 14.9 Å². The summed E-state index contributed by atoms with van der Waals surface area (Å²) in [6, 6.07) is 3.55. The highest BCUT2D eigenvalue weighted by Crippen LogP contribution is 2.18. The Morgan fingerprint density at radius 3 is 3.00 bits per heavy atom. The van der Waals surface area contributed by atoms with Crippen molar-refractivity contribution in [2.45, 2.75) is 26.7 Å². The quantitative estimate of drug-likeness (QED) is 0.781. The highest BCUT2D eigenvalue weighted by atomic mass is 16.2. The van der Waals surface area contributed by atoms with Crippen LogP contribution >= 0.6 is 0 Å². The number of nitrogens with one attached hydrogen (secondary N) is 2. The van der Waals surface area contributed by atoms with Crippen LogP contribution in [0.5, 0.6) is 0 Å². The van der Waals surface area contributed by atoms with Gasteiger partial charge in [0.15, 0.2) is 5.69 Å². The number of amides is 1. The molecule has 2 rings (SSSR count). The summed E-state index contributed by atoms with van der Waals surface area (Å²) in [6.45, 7) is 3.87. The minimum Gasteiger partial charge on any atom is -0.395 e. The van der Waals surface area contributed by atoms with E-state index in [9.17, 15) is 4.79 Å². The summed E-state index contributed by atoms with van der Waals surface area (Å²) in [5.74, 6) is -0.327. The number of aromatic nitrogens is 3. The van der Waals surface area contributed by atoms with Crippen LogP contribution in [0.4, 0.5) is 11.4 Å². The molecule has 0 aliphatic rings. The van der Waals surface area contributed by atoms with E-state index in [1.807, 2.05) is 13.8 Å². The second-order valence-corrected chi connectivity index (χ2v) is 4.30. The van der Waals surface area contributed by atoms with E-state index >= 15 is 0 Å². The summed E-state index contributed by atoms with van der Waals surface area (Å²) in [4.78, 5) is 16.2. The van der Waals surface area contributed by atoms with E-state index in [0.29, 0.717) is 11.4 Å². The molecule has 0 spiro atoms. The lowest BCUT2D eigenvalue weighted by Gasteiger charge is -2.06.